The Hall–Kier alpha value is -1.19. The van der Waals surface area contributed by atoms with Crippen molar-refractivity contribution in [2.45, 2.75) is 37.8 Å². The third kappa shape index (κ3) is 3.23. The molecule has 0 amide bonds. The lowest BCUT2D eigenvalue weighted by Gasteiger charge is -2.27. The van der Waals surface area contributed by atoms with E-state index in [4.69, 9.17) is 0 Å². The van der Waals surface area contributed by atoms with Crippen LogP contribution in [-0.4, -0.2) is 36.0 Å². The van der Waals surface area contributed by atoms with E-state index in [1.165, 1.54) is 0 Å². The summed E-state index contributed by atoms with van der Waals surface area (Å²) in [7, 11) is 3.77. The van der Waals surface area contributed by atoms with Gasteiger partial charge in [0.15, 0.2) is 5.78 Å². The number of ketones is 1. The number of hydrogen-bond acceptors (Lipinski definition) is 3. The molecule has 2 atom stereocenters. The van der Waals surface area contributed by atoms with E-state index >= 15 is 0 Å². The number of aliphatic hydroxyl groups excluding tert-OH is 1. The zero-order chi connectivity index (χ0) is 13.8. The highest BCUT2D eigenvalue weighted by Gasteiger charge is 2.34. The molecule has 2 rings (SSSR count). The molecule has 19 heavy (non-hydrogen) atoms. The molecule has 0 heterocycles. The first-order valence-electron chi connectivity index (χ1n) is 7.04. The summed E-state index contributed by atoms with van der Waals surface area (Å²) in [4.78, 5) is 14.5. The van der Waals surface area contributed by atoms with Crippen LogP contribution in [0.1, 0.15) is 37.3 Å². The molecular formula is C16H23NO2. The van der Waals surface area contributed by atoms with Gasteiger partial charge in [0, 0.05) is 0 Å². The zero-order valence-corrected chi connectivity index (χ0v) is 11.7. The van der Waals surface area contributed by atoms with Crippen molar-refractivity contribution in [3.05, 3.63) is 35.9 Å². The number of Topliss-reactive ketones (excluding diaryl/α,β-unsaturated/α-hetero) is 1. The van der Waals surface area contributed by atoms with E-state index in [0.29, 0.717) is 0 Å². The molecule has 0 aliphatic heterocycles. The number of likely N-dealkylation sites (N-methyl/N-ethyl adjacent to an activating group) is 1. The molecule has 1 saturated carbocycles. The molecule has 3 nitrogen and oxygen atoms in total. The van der Waals surface area contributed by atoms with Crippen LogP contribution in [-0.2, 0) is 4.79 Å². The summed E-state index contributed by atoms with van der Waals surface area (Å²) in [6.45, 7) is 0. The summed E-state index contributed by atoms with van der Waals surface area (Å²) in [5.41, 5.74) is 0.953. The van der Waals surface area contributed by atoms with Crippen LogP contribution < -0.4 is 0 Å². The van der Waals surface area contributed by atoms with Gasteiger partial charge in [0.2, 0.25) is 0 Å². The number of benzene rings is 1. The fraction of sp³-hybridized carbons (Fsp3) is 0.562. The summed E-state index contributed by atoms with van der Waals surface area (Å²) in [5, 5.41) is 10.3. The molecule has 1 aliphatic carbocycles. The van der Waals surface area contributed by atoms with E-state index in [1.807, 2.05) is 49.3 Å². The van der Waals surface area contributed by atoms with Crippen molar-refractivity contribution < 1.29 is 9.90 Å². The summed E-state index contributed by atoms with van der Waals surface area (Å²) in [5.74, 6) is 0.0850. The first kappa shape index (κ1) is 14.2. The predicted molar refractivity (Wildman–Crippen MR) is 75.8 cm³/mol. The molecule has 0 bridgehead atoms. The van der Waals surface area contributed by atoms with Crippen LogP contribution in [0.25, 0.3) is 0 Å². The Bertz CT molecular complexity index is 410. The second-order valence-corrected chi connectivity index (χ2v) is 5.67. The van der Waals surface area contributed by atoms with E-state index in [0.717, 1.165) is 31.2 Å². The van der Waals surface area contributed by atoms with Gasteiger partial charge in [-0.15, -0.1) is 0 Å². The maximum Gasteiger partial charge on any atom is 0.183 e. The SMILES string of the molecule is CN(C)C(C(=O)C(O)C1CCCC1)c1ccccc1. The maximum atomic E-state index is 12.6. The van der Waals surface area contributed by atoms with Gasteiger partial charge < -0.3 is 5.11 Å². The van der Waals surface area contributed by atoms with Gasteiger partial charge >= 0.3 is 0 Å². The van der Waals surface area contributed by atoms with E-state index in [9.17, 15) is 9.90 Å². The molecule has 0 spiro atoms. The van der Waals surface area contributed by atoms with E-state index in [1.54, 1.807) is 0 Å². The predicted octanol–water partition coefficient (Wildman–Crippen LogP) is 2.41. The van der Waals surface area contributed by atoms with E-state index in [2.05, 4.69) is 0 Å². The highest BCUT2D eigenvalue weighted by Crippen LogP contribution is 2.31. The molecule has 1 aromatic rings. The molecule has 1 N–H and O–H groups in total. The summed E-state index contributed by atoms with van der Waals surface area (Å²) in [6, 6.07) is 9.35. The van der Waals surface area contributed by atoms with Crippen LogP contribution >= 0.6 is 0 Å². The third-order valence-corrected chi connectivity index (χ3v) is 4.04. The Labute approximate surface area is 115 Å². The smallest absolute Gasteiger partial charge is 0.183 e. The second-order valence-electron chi connectivity index (χ2n) is 5.67. The van der Waals surface area contributed by atoms with Crippen LogP contribution in [0.15, 0.2) is 30.3 Å². The van der Waals surface area contributed by atoms with E-state index in [-0.39, 0.29) is 17.7 Å². The molecular weight excluding hydrogens is 238 g/mol. The lowest BCUT2D eigenvalue weighted by molar-refractivity contribution is -0.134. The molecule has 1 aliphatic rings. The van der Waals surface area contributed by atoms with Gasteiger partial charge in [-0.3, -0.25) is 9.69 Å². The molecule has 2 unspecified atom stereocenters. The first-order valence-corrected chi connectivity index (χ1v) is 7.04. The molecule has 1 fully saturated rings. The van der Waals surface area contributed by atoms with Gasteiger partial charge in [0.25, 0.3) is 0 Å². The summed E-state index contributed by atoms with van der Waals surface area (Å²) in [6.07, 6.45) is 3.39. The molecule has 104 valence electrons. The first-order chi connectivity index (χ1) is 9.11. The van der Waals surface area contributed by atoms with Crippen molar-refractivity contribution in [2.75, 3.05) is 14.1 Å². The van der Waals surface area contributed by atoms with Crippen LogP contribution in [0.3, 0.4) is 0 Å². The molecule has 0 saturated heterocycles. The monoisotopic (exact) mass is 261 g/mol. The number of hydrogen-bond donors (Lipinski definition) is 1. The van der Waals surface area contributed by atoms with Crippen molar-refractivity contribution >= 4 is 5.78 Å². The zero-order valence-electron chi connectivity index (χ0n) is 11.7. The average molecular weight is 261 g/mol. The Morgan fingerprint density at radius 2 is 1.79 bits per heavy atom. The average Bonchev–Trinajstić information content (AvgIpc) is 2.92. The van der Waals surface area contributed by atoms with Crippen LogP contribution in [0.5, 0.6) is 0 Å². The number of rotatable bonds is 5. The van der Waals surface area contributed by atoms with Crippen LogP contribution in [0, 0.1) is 5.92 Å². The fourth-order valence-electron chi connectivity index (χ4n) is 3.02. The minimum absolute atomic E-state index is 0.0666. The van der Waals surface area contributed by atoms with Gasteiger partial charge in [0.05, 0.1) is 6.04 Å². The number of nitrogens with zero attached hydrogens (tertiary/aromatic N) is 1. The second kappa shape index (κ2) is 6.31. The Kier molecular flexibility index (Phi) is 4.72. The highest BCUT2D eigenvalue weighted by atomic mass is 16.3. The Morgan fingerprint density at radius 3 is 2.32 bits per heavy atom. The number of carbonyl (C=O) groups excluding carboxylic acids is 1. The van der Waals surface area contributed by atoms with Gasteiger partial charge in [-0.25, -0.2) is 0 Å². The minimum atomic E-state index is -0.824. The number of aliphatic hydroxyl groups is 1. The quantitative estimate of drug-likeness (QED) is 0.885. The minimum Gasteiger partial charge on any atom is -0.385 e. The van der Waals surface area contributed by atoms with Crippen molar-refractivity contribution in [1.82, 2.24) is 4.90 Å². The third-order valence-electron chi connectivity index (χ3n) is 4.04. The highest BCUT2D eigenvalue weighted by molar-refractivity contribution is 5.89. The lowest BCUT2D eigenvalue weighted by Crippen LogP contribution is -2.38. The summed E-state index contributed by atoms with van der Waals surface area (Å²) < 4.78 is 0. The Morgan fingerprint density at radius 1 is 1.21 bits per heavy atom. The van der Waals surface area contributed by atoms with Gasteiger partial charge in [0.1, 0.15) is 6.10 Å². The number of carbonyl (C=O) groups is 1. The van der Waals surface area contributed by atoms with E-state index < -0.39 is 6.10 Å². The Balaban J connectivity index is 2.17. The van der Waals surface area contributed by atoms with Gasteiger partial charge in [-0.2, -0.15) is 0 Å². The van der Waals surface area contributed by atoms with Crippen molar-refractivity contribution in [2.24, 2.45) is 5.92 Å². The van der Waals surface area contributed by atoms with Gasteiger partial charge in [-0.05, 0) is 38.4 Å². The van der Waals surface area contributed by atoms with Crippen LogP contribution in [0.4, 0.5) is 0 Å². The normalized spacial score (nSPS) is 19.6. The van der Waals surface area contributed by atoms with Crippen molar-refractivity contribution in [3.63, 3.8) is 0 Å². The molecule has 0 aromatic heterocycles. The standard InChI is InChI=1S/C16H23NO2/c1-17(2)14(12-8-4-3-5-9-12)16(19)15(18)13-10-6-7-11-13/h3-5,8-9,13-15,18H,6-7,10-11H2,1-2H3. The van der Waals surface area contributed by atoms with Crippen LogP contribution in [0.2, 0.25) is 0 Å². The fourth-order valence-corrected chi connectivity index (χ4v) is 3.02. The molecule has 1 aromatic carbocycles. The largest absolute Gasteiger partial charge is 0.385 e. The summed E-state index contributed by atoms with van der Waals surface area (Å²) >= 11 is 0. The van der Waals surface area contributed by atoms with Gasteiger partial charge in [-0.1, -0.05) is 43.2 Å². The maximum absolute atomic E-state index is 12.6. The lowest BCUT2D eigenvalue weighted by atomic mass is 9.90. The van der Waals surface area contributed by atoms with Crippen molar-refractivity contribution in [1.29, 1.82) is 0 Å². The van der Waals surface area contributed by atoms with Crippen molar-refractivity contribution in [3.8, 4) is 0 Å². The molecule has 3 heteroatoms. The molecule has 0 radical (unpaired) electrons. The topological polar surface area (TPSA) is 40.5 Å².